The van der Waals surface area contributed by atoms with Crippen LogP contribution in [0.2, 0.25) is 0 Å². The Morgan fingerprint density at radius 3 is 2.13 bits per heavy atom. The summed E-state index contributed by atoms with van der Waals surface area (Å²) < 4.78 is 12.1. The second kappa shape index (κ2) is 11.8. The fourth-order valence-electron chi connectivity index (χ4n) is 2.68. The van der Waals surface area contributed by atoms with E-state index in [2.05, 4.69) is 10.6 Å². The van der Waals surface area contributed by atoms with Crippen LogP contribution in [0.25, 0.3) is 0 Å². The lowest BCUT2D eigenvalue weighted by molar-refractivity contribution is -0.141. The second-order valence-electron chi connectivity index (χ2n) is 7.22. The molecule has 0 aliphatic heterocycles. The van der Waals surface area contributed by atoms with E-state index >= 15 is 0 Å². The van der Waals surface area contributed by atoms with Crippen LogP contribution in [0.3, 0.4) is 0 Å². The fourth-order valence-corrected chi connectivity index (χ4v) is 3.79. The van der Waals surface area contributed by atoms with Crippen molar-refractivity contribution in [3.63, 3.8) is 0 Å². The normalized spacial score (nSPS) is 17.1. The molecule has 5 atom stereocenters. The molecule has 1 aromatic rings. The van der Waals surface area contributed by atoms with E-state index in [1.54, 1.807) is 6.92 Å². The number of carboxylic acids is 1. The van der Waals surface area contributed by atoms with Crippen molar-refractivity contribution in [2.24, 2.45) is 11.5 Å². The predicted molar refractivity (Wildman–Crippen MR) is 113 cm³/mol. The van der Waals surface area contributed by atoms with Gasteiger partial charge in [0.2, 0.25) is 19.2 Å². The molecule has 0 spiro atoms. The second-order valence-corrected chi connectivity index (χ2v) is 9.92. The van der Waals surface area contributed by atoms with Crippen molar-refractivity contribution in [1.29, 1.82) is 0 Å². The largest absolute Gasteiger partial charge is 0.480 e. The molecule has 0 saturated carbocycles. The van der Waals surface area contributed by atoms with Crippen LogP contribution in [0.1, 0.15) is 32.3 Å². The van der Waals surface area contributed by atoms with E-state index in [0.29, 0.717) is 6.42 Å². The van der Waals surface area contributed by atoms with E-state index < -0.39 is 55.2 Å². The molecule has 0 fully saturated rings. The lowest BCUT2D eigenvalue weighted by Crippen LogP contribution is -2.55. The van der Waals surface area contributed by atoms with E-state index in [1.165, 1.54) is 6.92 Å². The number of amides is 2. The minimum atomic E-state index is -3.98. The summed E-state index contributed by atoms with van der Waals surface area (Å²) in [4.78, 5) is 46.3. The molecule has 0 bridgehead atoms. The Morgan fingerprint density at radius 2 is 1.63 bits per heavy atom. The first kappa shape index (κ1) is 25.8. The van der Waals surface area contributed by atoms with Crippen molar-refractivity contribution >= 4 is 25.2 Å². The monoisotopic (exact) mass is 442 g/mol. The lowest BCUT2D eigenvalue weighted by Gasteiger charge is -2.24. The maximum absolute atomic E-state index is 12.6. The molecule has 0 aliphatic carbocycles. The number of nitrogens with two attached hydrogens (primary N) is 2. The van der Waals surface area contributed by atoms with Crippen LogP contribution in [-0.2, 0) is 25.4 Å². The average molecular weight is 442 g/mol. The Kier molecular flexibility index (Phi) is 10.1. The molecule has 1 rings (SSSR count). The molecule has 0 aromatic heterocycles. The number of benzene rings is 1. The summed E-state index contributed by atoms with van der Waals surface area (Å²) in [5, 5.41) is 14.1. The number of nitrogens with one attached hydrogen (secondary N) is 2. The summed E-state index contributed by atoms with van der Waals surface area (Å²) in [6, 6.07) is 5.59. The van der Waals surface area contributed by atoms with Gasteiger partial charge in [-0.2, -0.15) is 0 Å². The van der Waals surface area contributed by atoms with E-state index in [1.807, 2.05) is 30.3 Å². The maximum Gasteiger partial charge on any atom is 0.326 e. The molecular weight excluding hydrogens is 411 g/mol. The third-order valence-electron chi connectivity index (χ3n) is 4.54. The standard InChI is InChI=1S/C19H31N4O6P/c1-3-7-15(22-17(24)14(21)10-13-8-5-4-6-9-13)18(25)23-16(19(26)27)11-30(28,29)12(2)20/h4-6,8-9,12,14-16H,3,7,10-11,20-21H2,1-2H3,(H,22,24)(H,23,25)(H,26,27)(H,28,29)/t12?,14-,15-,16?/m0/s1. The quantitative estimate of drug-likeness (QED) is 0.244. The van der Waals surface area contributed by atoms with Crippen molar-refractivity contribution < 1.29 is 28.9 Å². The highest BCUT2D eigenvalue weighted by Gasteiger charge is 2.34. The van der Waals surface area contributed by atoms with Gasteiger partial charge in [-0.1, -0.05) is 43.7 Å². The number of hydrogen-bond donors (Lipinski definition) is 6. The number of carboxylic acid groups (broad SMARTS) is 1. The van der Waals surface area contributed by atoms with Gasteiger partial charge in [0.15, 0.2) is 0 Å². The van der Waals surface area contributed by atoms with E-state index in [-0.39, 0.29) is 12.8 Å². The van der Waals surface area contributed by atoms with Gasteiger partial charge in [0.05, 0.1) is 18.0 Å². The highest BCUT2D eigenvalue weighted by atomic mass is 31.2. The fraction of sp³-hybridized carbons (Fsp3) is 0.526. The van der Waals surface area contributed by atoms with E-state index in [9.17, 15) is 28.9 Å². The third kappa shape index (κ3) is 8.23. The molecule has 3 unspecified atom stereocenters. The molecule has 168 valence electrons. The van der Waals surface area contributed by atoms with Crippen LogP contribution in [-0.4, -0.2) is 57.9 Å². The number of rotatable bonds is 12. The smallest absolute Gasteiger partial charge is 0.326 e. The SMILES string of the molecule is CCC[C@H](NC(=O)[C@@H](N)Cc1ccccc1)C(=O)NC(CP(=O)(O)C(C)N)C(=O)O. The highest BCUT2D eigenvalue weighted by Crippen LogP contribution is 2.44. The van der Waals surface area contributed by atoms with Gasteiger partial charge in [-0.15, -0.1) is 0 Å². The molecule has 11 heteroatoms. The van der Waals surface area contributed by atoms with Crippen molar-refractivity contribution in [2.45, 2.75) is 57.0 Å². The molecule has 0 aliphatic rings. The number of carbonyl (C=O) groups excluding carboxylic acids is 2. The van der Waals surface area contributed by atoms with Crippen LogP contribution < -0.4 is 22.1 Å². The molecule has 2 amide bonds. The van der Waals surface area contributed by atoms with Crippen molar-refractivity contribution in [3.8, 4) is 0 Å². The zero-order valence-corrected chi connectivity index (χ0v) is 18.0. The van der Waals surface area contributed by atoms with Crippen LogP contribution in [0.15, 0.2) is 30.3 Å². The van der Waals surface area contributed by atoms with Gasteiger partial charge in [0.1, 0.15) is 12.1 Å². The summed E-state index contributed by atoms with van der Waals surface area (Å²) in [5.41, 5.74) is 12.2. The molecular formula is C19H31N4O6P. The van der Waals surface area contributed by atoms with Gasteiger partial charge in [0.25, 0.3) is 0 Å². The summed E-state index contributed by atoms with van der Waals surface area (Å²) in [6.45, 7) is 3.08. The Bertz CT molecular complexity index is 774. The topological polar surface area (TPSA) is 185 Å². The summed E-state index contributed by atoms with van der Waals surface area (Å²) in [5.74, 6) is -3.93. The third-order valence-corrected chi connectivity index (χ3v) is 6.70. The van der Waals surface area contributed by atoms with Crippen LogP contribution >= 0.6 is 7.37 Å². The number of hydrogen-bond acceptors (Lipinski definition) is 6. The molecule has 30 heavy (non-hydrogen) atoms. The lowest BCUT2D eigenvalue weighted by atomic mass is 10.0. The van der Waals surface area contributed by atoms with Crippen LogP contribution in [0.4, 0.5) is 0 Å². The Balaban J connectivity index is 2.81. The highest BCUT2D eigenvalue weighted by molar-refractivity contribution is 7.58. The summed E-state index contributed by atoms with van der Waals surface area (Å²) >= 11 is 0. The van der Waals surface area contributed by atoms with E-state index in [4.69, 9.17) is 11.5 Å². The zero-order chi connectivity index (χ0) is 22.9. The van der Waals surface area contributed by atoms with Crippen LogP contribution in [0, 0.1) is 0 Å². The van der Waals surface area contributed by atoms with Crippen molar-refractivity contribution in [1.82, 2.24) is 10.6 Å². The molecule has 1 aromatic carbocycles. The number of aliphatic carboxylic acids is 1. The van der Waals surface area contributed by atoms with E-state index in [0.717, 1.165) is 5.56 Å². The van der Waals surface area contributed by atoms with Gasteiger partial charge < -0.3 is 32.1 Å². The van der Waals surface area contributed by atoms with Gasteiger partial charge >= 0.3 is 5.97 Å². The maximum atomic E-state index is 12.6. The Hall–Kier alpha value is -2.26. The minimum absolute atomic E-state index is 0.242. The van der Waals surface area contributed by atoms with Gasteiger partial charge in [-0.25, -0.2) is 4.79 Å². The molecule has 8 N–H and O–H groups in total. The first-order valence-electron chi connectivity index (χ1n) is 9.68. The first-order chi connectivity index (χ1) is 14.0. The van der Waals surface area contributed by atoms with Crippen molar-refractivity contribution in [2.75, 3.05) is 6.16 Å². The molecule has 0 saturated heterocycles. The molecule has 0 radical (unpaired) electrons. The van der Waals surface area contributed by atoms with Crippen LogP contribution in [0.5, 0.6) is 0 Å². The molecule has 0 heterocycles. The number of carbonyl (C=O) groups is 3. The minimum Gasteiger partial charge on any atom is -0.480 e. The van der Waals surface area contributed by atoms with Crippen molar-refractivity contribution in [3.05, 3.63) is 35.9 Å². The summed E-state index contributed by atoms with van der Waals surface area (Å²) in [6.07, 6.45) is 0.327. The predicted octanol–water partition coefficient (Wildman–Crippen LogP) is -0.0142. The van der Waals surface area contributed by atoms with Gasteiger partial charge in [-0.05, 0) is 25.3 Å². The zero-order valence-electron chi connectivity index (χ0n) is 17.2. The Labute approximate surface area is 175 Å². The molecule has 10 nitrogen and oxygen atoms in total. The average Bonchev–Trinajstić information content (AvgIpc) is 2.67. The Morgan fingerprint density at radius 1 is 1.07 bits per heavy atom. The van der Waals surface area contributed by atoms with Gasteiger partial charge in [-0.3, -0.25) is 14.2 Å². The summed E-state index contributed by atoms with van der Waals surface area (Å²) in [7, 11) is -3.98. The van der Waals surface area contributed by atoms with Gasteiger partial charge in [0, 0.05) is 0 Å². The first-order valence-corrected chi connectivity index (χ1v) is 11.6.